The molecule has 3 rings (SSSR count). The normalized spacial score (nSPS) is 15.2. The first-order valence-corrected chi connectivity index (χ1v) is 6.90. The van der Waals surface area contributed by atoms with Crippen LogP contribution >= 0.6 is 0 Å². The molecule has 4 nitrogen and oxygen atoms in total. The lowest BCUT2D eigenvalue weighted by Crippen LogP contribution is -2.23. The second kappa shape index (κ2) is 5.79. The summed E-state index contributed by atoms with van der Waals surface area (Å²) in [5, 5.41) is 4.26. The number of ether oxygens (including phenoxy) is 1. The molecule has 0 saturated carbocycles. The SMILES string of the molecule is Cc1ccc(C(=O)N/N=C2/CCOc3ccccc32)cc1. The fourth-order valence-corrected chi connectivity index (χ4v) is 2.23. The Labute approximate surface area is 123 Å². The minimum absolute atomic E-state index is 0.202. The quantitative estimate of drug-likeness (QED) is 0.860. The van der Waals surface area contributed by atoms with Crippen molar-refractivity contribution in [1.29, 1.82) is 0 Å². The average molecular weight is 280 g/mol. The van der Waals surface area contributed by atoms with Gasteiger partial charge in [-0.1, -0.05) is 29.8 Å². The lowest BCUT2D eigenvalue weighted by molar-refractivity contribution is 0.0954. The minimum Gasteiger partial charge on any atom is -0.492 e. The van der Waals surface area contributed by atoms with E-state index in [0.717, 1.165) is 22.6 Å². The van der Waals surface area contributed by atoms with Crippen LogP contribution in [0, 0.1) is 6.92 Å². The van der Waals surface area contributed by atoms with Gasteiger partial charge >= 0.3 is 0 Å². The summed E-state index contributed by atoms with van der Waals surface area (Å²) >= 11 is 0. The minimum atomic E-state index is -0.202. The molecule has 0 unspecified atom stereocenters. The van der Waals surface area contributed by atoms with Crippen LogP contribution in [0.5, 0.6) is 5.75 Å². The van der Waals surface area contributed by atoms with Gasteiger partial charge in [0, 0.05) is 17.5 Å². The largest absolute Gasteiger partial charge is 0.492 e. The zero-order valence-electron chi connectivity index (χ0n) is 11.8. The summed E-state index contributed by atoms with van der Waals surface area (Å²) in [5.74, 6) is 0.610. The maximum atomic E-state index is 12.1. The molecule has 4 heteroatoms. The maximum absolute atomic E-state index is 12.1. The predicted molar refractivity (Wildman–Crippen MR) is 81.7 cm³/mol. The van der Waals surface area contributed by atoms with Crippen molar-refractivity contribution >= 4 is 11.6 Å². The van der Waals surface area contributed by atoms with Crippen LogP contribution in [-0.4, -0.2) is 18.2 Å². The third-order valence-corrected chi connectivity index (χ3v) is 3.40. The molecule has 1 heterocycles. The van der Waals surface area contributed by atoms with Crippen LogP contribution in [-0.2, 0) is 0 Å². The standard InChI is InChI=1S/C17H16N2O2/c1-12-6-8-13(9-7-12)17(20)19-18-15-10-11-21-16-5-3-2-4-14(15)16/h2-9H,10-11H2,1H3,(H,19,20)/b18-15-. The van der Waals surface area contributed by atoms with Crippen LogP contribution in [0.2, 0.25) is 0 Å². The molecule has 0 saturated heterocycles. The number of carbonyl (C=O) groups is 1. The van der Waals surface area contributed by atoms with E-state index in [1.165, 1.54) is 0 Å². The molecule has 0 spiro atoms. The van der Waals surface area contributed by atoms with Gasteiger partial charge in [0.15, 0.2) is 0 Å². The number of nitrogens with one attached hydrogen (secondary N) is 1. The fourth-order valence-electron chi connectivity index (χ4n) is 2.23. The molecule has 0 fully saturated rings. The van der Waals surface area contributed by atoms with Crippen molar-refractivity contribution in [2.75, 3.05) is 6.61 Å². The summed E-state index contributed by atoms with van der Waals surface area (Å²) in [7, 11) is 0. The van der Waals surface area contributed by atoms with Gasteiger partial charge < -0.3 is 4.74 Å². The van der Waals surface area contributed by atoms with E-state index in [9.17, 15) is 4.79 Å². The highest BCUT2D eigenvalue weighted by Crippen LogP contribution is 2.24. The van der Waals surface area contributed by atoms with E-state index in [0.29, 0.717) is 18.6 Å². The van der Waals surface area contributed by atoms with Gasteiger partial charge in [-0.05, 0) is 31.2 Å². The Hall–Kier alpha value is -2.62. The summed E-state index contributed by atoms with van der Waals surface area (Å²) in [4.78, 5) is 12.1. The average Bonchev–Trinajstić information content (AvgIpc) is 2.53. The Kier molecular flexibility index (Phi) is 3.69. The topological polar surface area (TPSA) is 50.7 Å². The first-order chi connectivity index (χ1) is 10.2. The number of amides is 1. The number of carbonyl (C=O) groups excluding carboxylic acids is 1. The lowest BCUT2D eigenvalue weighted by atomic mass is 10.0. The van der Waals surface area contributed by atoms with E-state index >= 15 is 0 Å². The molecule has 1 aliphatic rings. The van der Waals surface area contributed by atoms with Crippen molar-refractivity contribution < 1.29 is 9.53 Å². The molecule has 1 aliphatic heterocycles. The monoisotopic (exact) mass is 280 g/mol. The van der Waals surface area contributed by atoms with Crippen molar-refractivity contribution in [3.05, 3.63) is 65.2 Å². The Balaban J connectivity index is 1.78. The summed E-state index contributed by atoms with van der Waals surface area (Å²) in [6, 6.07) is 15.1. The van der Waals surface area contributed by atoms with Crippen LogP contribution in [0.3, 0.4) is 0 Å². The second-order valence-electron chi connectivity index (χ2n) is 4.96. The highest BCUT2D eigenvalue weighted by Gasteiger charge is 2.16. The molecular weight excluding hydrogens is 264 g/mol. The second-order valence-corrected chi connectivity index (χ2v) is 4.96. The molecule has 0 radical (unpaired) electrons. The lowest BCUT2D eigenvalue weighted by Gasteiger charge is -2.18. The number of benzene rings is 2. The third-order valence-electron chi connectivity index (χ3n) is 3.40. The number of fused-ring (bicyclic) bond motifs is 1. The number of aryl methyl sites for hydroxylation is 1. The van der Waals surface area contributed by atoms with Crippen molar-refractivity contribution in [2.45, 2.75) is 13.3 Å². The Morgan fingerprint density at radius 3 is 2.71 bits per heavy atom. The first-order valence-electron chi connectivity index (χ1n) is 6.90. The van der Waals surface area contributed by atoms with Gasteiger partial charge in [0.2, 0.25) is 0 Å². The molecule has 0 aliphatic carbocycles. The molecule has 0 atom stereocenters. The van der Waals surface area contributed by atoms with Crippen LogP contribution in [0.1, 0.15) is 27.9 Å². The number of para-hydroxylation sites is 1. The number of hydrazone groups is 1. The first kappa shape index (κ1) is 13.4. The molecule has 2 aromatic carbocycles. The summed E-state index contributed by atoms with van der Waals surface area (Å²) in [6.45, 7) is 2.57. The Morgan fingerprint density at radius 1 is 1.14 bits per heavy atom. The van der Waals surface area contributed by atoms with Crippen molar-refractivity contribution in [2.24, 2.45) is 5.10 Å². The van der Waals surface area contributed by atoms with Crippen LogP contribution in [0.4, 0.5) is 0 Å². The van der Waals surface area contributed by atoms with E-state index in [-0.39, 0.29) is 5.91 Å². The maximum Gasteiger partial charge on any atom is 0.271 e. The zero-order valence-corrected chi connectivity index (χ0v) is 11.8. The van der Waals surface area contributed by atoms with E-state index in [4.69, 9.17) is 4.74 Å². The number of hydrogen-bond donors (Lipinski definition) is 1. The van der Waals surface area contributed by atoms with Gasteiger partial charge in [0.25, 0.3) is 5.91 Å². The fraction of sp³-hybridized carbons (Fsp3) is 0.176. The van der Waals surface area contributed by atoms with Gasteiger partial charge in [-0.3, -0.25) is 4.79 Å². The molecular formula is C17H16N2O2. The van der Waals surface area contributed by atoms with E-state index in [1.807, 2.05) is 43.3 Å². The highest BCUT2D eigenvalue weighted by atomic mass is 16.5. The van der Waals surface area contributed by atoms with E-state index in [2.05, 4.69) is 10.5 Å². The van der Waals surface area contributed by atoms with Gasteiger partial charge in [-0.25, -0.2) is 5.43 Å². The molecule has 21 heavy (non-hydrogen) atoms. The number of nitrogens with zero attached hydrogens (tertiary/aromatic N) is 1. The van der Waals surface area contributed by atoms with Gasteiger partial charge in [-0.15, -0.1) is 0 Å². The van der Waals surface area contributed by atoms with Crippen molar-refractivity contribution in [1.82, 2.24) is 5.43 Å². The molecule has 1 N–H and O–H groups in total. The summed E-state index contributed by atoms with van der Waals surface area (Å²) in [6.07, 6.45) is 0.686. The van der Waals surface area contributed by atoms with E-state index < -0.39 is 0 Å². The van der Waals surface area contributed by atoms with Gasteiger partial charge in [0.1, 0.15) is 5.75 Å². The molecule has 0 aromatic heterocycles. The molecule has 1 amide bonds. The predicted octanol–water partition coefficient (Wildman–Crippen LogP) is 2.91. The van der Waals surface area contributed by atoms with Crippen molar-refractivity contribution in [3.8, 4) is 5.75 Å². The molecule has 106 valence electrons. The number of rotatable bonds is 2. The summed E-state index contributed by atoms with van der Waals surface area (Å²) < 4.78 is 5.56. The van der Waals surface area contributed by atoms with Crippen LogP contribution in [0.25, 0.3) is 0 Å². The molecule has 0 bridgehead atoms. The van der Waals surface area contributed by atoms with Crippen LogP contribution in [0.15, 0.2) is 53.6 Å². The zero-order chi connectivity index (χ0) is 14.7. The Bertz CT molecular complexity index is 690. The van der Waals surface area contributed by atoms with Gasteiger partial charge in [-0.2, -0.15) is 5.10 Å². The third kappa shape index (κ3) is 2.94. The summed E-state index contributed by atoms with van der Waals surface area (Å²) in [5.41, 5.74) is 6.13. The van der Waals surface area contributed by atoms with Gasteiger partial charge in [0.05, 0.1) is 12.3 Å². The van der Waals surface area contributed by atoms with Crippen LogP contribution < -0.4 is 10.2 Å². The Morgan fingerprint density at radius 2 is 1.90 bits per heavy atom. The number of hydrogen-bond acceptors (Lipinski definition) is 3. The molecule has 2 aromatic rings. The van der Waals surface area contributed by atoms with Crippen molar-refractivity contribution in [3.63, 3.8) is 0 Å². The highest BCUT2D eigenvalue weighted by molar-refractivity contribution is 6.04. The smallest absolute Gasteiger partial charge is 0.271 e. The van der Waals surface area contributed by atoms with E-state index in [1.54, 1.807) is 12.1 Å².